The van der Waals surface area contributed by atoms with Crippen LogP contribution in [0.1, 0.15) is 5.56 Å². The maximum atomic E-state index is 12.6. The molecule has 3 nitrogen and oxygen atoms in total. The fraction of sp³-hybridized carbons (Fsp3) is 0.190. The number of benzene rings is 2. The average Bonchev–Trinajstić information content (AvgIpc) is 2.62. The second-order valence-electron chi connectivity index (χ2n) is 6.40. The topological polar surface area (TPSA) is 43.1 Å². The summed E-state index contributed by atoms with van der Waals surface area (Å²) in [5, 5.41) is 0. The highest BCUT2D eigenvalue weighted by atomic mass is 16.2. The third-order valence-corrected chi connectivity index (χ3v) is 4.86. The van der Waals surface area contributed by atoms with Gasteiger partial charge in [-0.15, -0.1) is 0 Å². The van der Waals surface area contributed by atoms with Crippen molar-refractivity contribution in [3.63, 3.8) is 0 Å². The Labute approximate surface area is 143 Å². The standard InChI is InChI=1S/C21H23N2O/c1-16-18(14-22)12-13-21(24)23(16,2)15-19-10-6-7-11-20(19)17-8-4-3-5-9-17/h3-13,18H,1,14-15,22H2,2H3/q+1. The first kappa shape index (κ1) is 16.4. The Morgan fingerprint density at radius 2 is 1.75 bits per heavy atom. The molecule has 1 amide bonds. The Morgan fingerprint density at radius 3 is 2.46 bits per heavy atom. The molecule has 0 fully saturated rings. The molecule has 1 aliphatic rings. The van der Waals surface area contributed by atoms with Gasteiger partial charge in [-0.2, -0.15) is 0 Å². The SMILES string of the molecule is C=C1C(CN)C=CC(=O)[N+]1(C)Cc1ccccc1-c1ccccc1. The molecule has 0 aliphatic carbocycles. The van der Waals surface area contributed by atoms with Crippen LogP contribution in [-0.2, 0) is 11.3 Å². The van der Waals surface area contributed by atoms with E-state index < -0.39 is 0 Å². The van der Waals surface area contributed by atoms with E-state index in [1.807, 2.05) is 43.5 Å². The maximum absolute atomic E-state index is 12.6. The highest BCUT2D eigenvalue weighted by molar-refractivity contribution is 5.83. The van der Waals surface area contributed by atoms with E-state index in [2.05, 4.69) is 30.8 Å². The van der Waals surface area contributed by atoms with Gasteiger partial charge >= 0.3 is 5.91 Å². The van der Waals surface area contributed by atoms with Crippen LogP contribution in [0.3, 0.4) is 0 Å². The molecule has 2 N–H and O–H groups in total. The van der Waals surface area contributed by atoms with Crippen molar-refractivity contribution < 1.29 is 9.28 Å². The highest BCUT2D eigenvalue weighted by Gasteiger charge is 2.40. The molecule has 1 aliphatic heterocycles. The van der Waals surface area contributed by atoms with Crippen molar-refractivity contribution in [1.82, 2.24) is 0 Å². The minimum Gasteiger partial charge on any atom is -0.329 e. The molecule has 0 saturated carbocycles. The molecule has 0 aromatic heterocycles. The molecule has 1 heterocycles. The van der Waals surface area contributed by atoms with E-state index in [0.717, 1.165) is 22.4 Å². The zero-order chi connectivity index (χ0) is 17.2. The van der Waals surface area contributed by atoms with Gasteiger partial charge in [0.15, 0.2) is 0 Å². The fourth-order valence-electron chi connectivity index (χ4n) is 3.27. The number of hydrogen-bond acceptors (Lipinski definition) is 2. The molecular weight excluding hydrogens is 296 g/mol. The monoisotopic (exact) mass is 319 g/mol. The number of rotatable bonds is 4. The van der Waals surface area contributed by atoms with E-state index in [9.17, 15) is 4.79 Å². The molecule has 122 valence electrons. The second-order valence-corrected chi connectivity index (χ2v) is 6.40. The first-order valence-corrected chi connectivity index (χ1v) is 8.17. The third-order valence-electron chi connectivity index (χ3n) is 4.86. The molecule has 0 radical (unpaired) electrons. The van der Waals surface area contributed by atoms with Crippen molar-refractivity contribution in [2.24, 2.45) is 11.7 Å². The van der Waals surface area contributed by atoms with Gasteiger partial charge in [-0.3, -0.25) is 0 Å². The molecule has 2 aromatic carbocycles. The predicted molar refractivity (Wildman–Crippen MR) is 97.6 cm³/mol. The summed E-state index contributed by atoms with van der Waals surface area (Å²) in [5.74, 6) is 0.0872. The maximum Gasteiger partial charge on any atom is 0.343 e. The molecule has 0 bridgehead atoms. The van der Waals surface area contributed by atoms with Crippen LogP contribution < -0.4 is 5.73 Å². The summed E-state index contributed by atoms with van der Waals surface area (Å²) < 4.78 is 0.169. The minimum atomic E-state index is 0.0385. The van der Waals surface area contributed by atoms with Crippen LogP contribution in [0.15, 0.2) is 79.0 Å². The predicted octanol–water partition coefficient (Wildman–Crippen LogP) is 3.49. The number of quaternary nitrogens is 1. The number of nitrogens with zero attached hydrogens (tertiary/aromatic N) is 1. The first-order chi connectivity index (χ1) is 11.6. The van der Waals surface area contributed by atoms with Crippen LogP contribution in [0.4, 0.5) is 0 Å². The normalized spacial score (nSPS) is 23.5. The number of hydrogen-bond donors (Lipinski definition) is 1. The number of carbonyl (C=O) groups excluding carboxylic acids is 1. The zero-order valence-electron chi connectivity index (χ0n) is 14.0. The molecule has 0 saturated heterocycles. The lowest BCUT2D eigenvalue weighted by molar-refractivity contribution is -0.811. The summed E-state index contributed by atoms with van der Waals surface area (Å²) >= 11 is 0. The first-order valence-electron chi connectivity index (χ1n) is 8.17. The Balaban J connectivity index is 2.01. The quantitative estimate of drug-likeness (QED) is 0.877. The number of nitrogens with two attached hydrogens (primary N) is 1. The van der Waals surface area contributed by atoms with E-state index >= 15 is 0 Å². The zero-order valence-corrected chi connectivity index (χ0v) is 14.0. The van der Waals surface area contributed by atoms with Crippen molar-refractivity contribution in [3.05, 3.63) is 84.6 Å². The smallest absolute Gasteiger partial charge is 0.329 e. The van der Waals surface area contributed by atoms with Crippen molar-refractivity contribution in [2.75, 3.05) is 13.6 Å². The lowest BCUT2D eigenvalue weighted by Gasteiger charge is -2.37. The highest BCUT2D eigenvalue weighted by Crippen LogP contribution is 2.33. The van der Waals surface area contributed by atoms with E-state index in [0.29, 0.717) is 13.1 Å². The van der Waals surface area contributed by atoms with Gasteiger partial charge in [0.25, 0.3) is 0 Å². The lowest BCUT2D eigenvalue weighted by Crippen LogP contribution is -2.51. The Morgan fingerprint density at radius 1 is 1.08 bits per heavy atom. The van der Waals surface area contributed by atoms with Gasteiger partial charge in [-0.25, -0.2) is 9.28 Å². The van der Waals surface area contributed by atoms with Crippen LogP contribution in [0.2, 0.25) is 0 Å². The van der Waals surface area contributed by atoms with Crippen molar-refractivity contribution in [3.8, 4) is 11.1 Å². The van der Waals surface area contributed by atoms with Gasteiger partial charge in [-0.1, -0.05) is 60.7 Å². The van der Waals surface area contributed by atoms with Gasteiger partial charge in [0.1, 0.15) is 12.2 Å². The summed E-state index contributed by atoms with van der Waals surface area (Å²) in [4.78, 5) is 12.6. The van der Waals surface area contributed by atoms with Gasteiger partial charge in [0.05, 0.1) is 13.0 Å². The number of amides is 1. The van der Waals surface area contributed by atoms with Crippen molar-refractivity contribution in [2.45, 2.75) is 6.54 Å². The number of carbonyl (C=O) groups is 1. The van der Waals surface area contributed by atoms with Crippen LogP contribution in [0.5, 0.6) is 0 Å². The summed E-state index contributed by atoms with van der Waals surface area (Å²) in [6.07, 6.45) is 3.52. The molecule has 0 spiro atoms. The van der Waals surface area contributed by atoms with E-state index in [-0.39, 0.29) is 16.3 Å². The fourth-order valence-corrected chi connectivity index (χ4v) is 3.27. The van der Waals surface area contributed by atoms with E-state index in [1.54, 1.807) is 6.08 Å². The minimum absolute atomic E-state index is 0.0385. The van der Waals surface area contributed by atoms with Crippen LogP contribution in [-0.4, -0.2) is 24.0 Å². The summed E-state index contributed by atoms with van der Waals surface area (Å²) in [6.45, 7) is 5.23. The van der Waals surface area contributed by atoms with E-state index in [1.165, 1.54) is 0 Å². The van der Waals surface area contributed by atoms with Crippen LogP contribution >= 0.6 is 0 Å². The van der Waals surface area contributed by atoms with Crippen LogP contribution in [0.25, 0.3) is 11.1 Å². The Hall–Kier alpha value is -2.49. The Bertz CT molecular complexity index is 794. The molecule has 24 heavy (non-hydrogen) atoms. The van der Waals surface area contributed by atoms with Gasteiger partial charge < -0.3 is 5.73 Å². The Kier molecular flexibility index (Phi) is 4.47. The summed E-state index contributed by atoms with van der Waals surface area (Å²) in [6, 6.07) is 18.5. The molecule has 2 unspecified atom stereocenters. The number of likely N-dealkylation sites (N-methyl/N-ethyl adjacent to an activating group) is 1. The molecule has 2 aromatic rings. The molecule has 2 atom stereocenters. The summed E-state index contributed by atoms with van der Waals surface area (Å²) in [5.41, 5.74) is 10.1. The van der Waals surface area contributed by atoms with Gasteiger partial charge in [0, 0.05) is 18.2 Å². The van der Waals surface area contributed by atoms with Crippen LogP contribution in [0, 0.1) is 5.92 Å². The second kappa shape index (κ2) is 6.56. The van der Waals surface area contributed by atoms with E-state index in [4.69, 9.17) is 5.73 Å². The summed E-state index contributed by atoms with van der Waals surface area (Å²) in [7, 11) is 1.93. The van der Waals surface area contributed by atoms with Crippen molar-refractivity contribution >= 4 is 5.91 Å². The van der Waals surface area contributed by atoms with Crippen molar-refractivity contribution in [1.29, 1.82) is 0 Å². The molecule has 3 rings (SSSR count). The largest absolute Gasteiger partial charge is 0.343 e. The molecule has 3 heteroatoms. The third kappa shape index (κ3) is 2.84. The molecular formula is C21H23N2O+. The van der Waals surface area contributed by atoms with Gasteiger partial charge in [0.2, 0.25) is 0 Å². The van der Waals surface area contributed by atoms with Gasteiger partial charge in [-0.05, 0) is 17.7 Å². The average molecular weight is 319 g/mol. The lowest BCUT2D eigenvalue weighted by atomic mass is 9.95.